The molecule has 2 nitrogen and oxygen atoms in total. The number of hydrogen-bond donors (Lipinski definition) is 0. The molecule has 0 bridgehead atoms. The summed E-state index contributed by atoms with van der Waals surface area (Å²) >= 11 is 0. The molecule has 0 saturated carbocycles. The number of alkyl halides is 1. The van der Waals surface area contributed by atoms with Gasteiger partial charge in [0.1, 0.15) is 0 Å². The van der Waals surface area contributed by atoms with Gasteiger partial charge in [0.2, 0.25) is 0 Å². The summed E-state index contributed by atoms with van der Waals surface area (Å²) in [6.07, 6.45) is -1.03. The zero-order chi connectivity index (χ0) is 8.41. The first-order valence-electron chi connectivity index (χ1n) is 3.07. The molecule has 0 aliphatic carbocycles. The van der Waals surface area contributed by atoms with Crippen LogP contribution in [-0.2, 0) is 4.74 Å². The molecule has 4 heteroatoms. The maximum absolute atomic E-state index is 11.0. The van der Waals surface area contributed by atoms with E-state index in [0.29, 0.717) is 6.42 Å². The van der Waals surface area contributed by atoms with Crippen molar-refractivity contribution in [1.82, 2.24) is 0 Å². The van der Waals surface area contributed by atoms with Crippen LogP contribution in [0.2, 0.25) is 0 Å². The normalized spacial score (nSPS) is 6.33. The van der Waals surface area contributed by atoms with Crippen molar-refractivity contribution >= 4 is 6.22 Å². The fourth-order valence-electron chi connectivity index (χ4n) is 0.182. The van der Waals surface area contributed by atoms with Gasteiger partial charge in [0.15, 0.2) is 0 Å². The number of carbonyl (C=O) groups is 1. The lowest BCUT2D eigenvalue weighted by atomic mass is 10.5. The zero-order valence-electron chi connectivity index (χ0n) is 6.19. The average Bonchev–Trinajstić information content (AvgIpc) is 1.85. The highest BCUT2D eigenvalue weighted by molar-refractivity contribution is 5.57. The summed E-state index contributed by atoms with van der Waals surface area (Å²) in [7, 11) is 0. The van der Waals surface area contributed by atoms with Gasteiger partial charge in [-0.25, -0.2) is 4.79 Å². The van der Waals surface area contributed by atoms with Crippen molar-refractivity contribution in [2.75, 3.05) is 13.3 Å². The lowest BCUT2D eigenvalue weighted by molar-refractivity contribution is 0.121. The van der Waals surface area contributed by atoms with Gasteiger partial charge in [-0.2, -0.15) is 0 Å². The molecular weight excluding hydrogens is 166 g/mol. The van der Waals surface area contributed by atoms with Crippen molar-refractivity contribution in [2.24, 2.45) is 0 Å². The second-order valence-corrected chi connectivity index (χ2v) is 1.35. The summed E-state index contributed by atoms with van der Waals surface area (Å²) in [5.41, 5.74) is 0. The summed E-state index contributed by atoms with van der Waals surface area (Å²) in [4.78, 5) is 9.31. The van der Waals surface area contributed by atoms with E-state index in [-0.39, 0.29) is 28.1 Å². The van der Waals surface area contributed by atoms with Crippen molar-refractivity contribution in [1.29, 1.82) is 0 Å². The Hall–Kier alpha value is -0.670. The van der Waals surface area contributed by atoms with Gasteiger partial charge < -0.3 is 4.74 Å². The van der Waals surface area contributed by atoms with Crippen molar-refractivity contribution in [3.05, 3.63) is 0 Å². The molecule has 0 aliphatic rings. The van der Waals surface area contributed by atoms with Crippen LogP contribution in [0.5, 0.6) is 0 Å². The van der Waals surface area contributed by atoms with Crippen LogP contribution in [0.15, 0.2) is 0 Å². The lowest BCUT2D eigenvalue weighted by Gasteiger charge is -1.90. The molecule has 0 atom stereocenters. The van der Waals surface area contributed by atoms with Crippen LogP contribution in [0.1, 0.15) is 35.1 Å². The summed E-state index contributed by atoms with van der Waals surface area (Å²) in [6, 6.07) is 0. The van der Waals surface area contributed by atoms with Gasteiger partial charge in [-0.05, 0) is 13.3 Å². The van der Waals surface area contributed by atoms with Crippen molar-refractivity contribution in [3.8, 4) is 0 Å². The highest BCUT2D eigenvalue weighted by Gasteiger charge is 1.91. The molecule has 0 rings (SSSR count). The Bertz CT molecular complexity index is 77.5. The van der Waals surface area contributed by atoms with E-state index in [2.05, 4.69) is 4.74 Å². The Labute approximate surface area is 73.9 Å². The first kappa shape index (κ1) is 22.5. The fraction of sp³-hybridized carbons (Fsp3) is 0.875. The van der Waals surface area contributed by atoms with E-state index in [0.717, 1.165) is 0 Å². The molecule has 0 spiro atoms. The minimum atomic E-state index is -1.69. The van der Waals surface area contributed by atoms with E-state index in [4.69, 9.17) is 0 Å². The summed E-state index contributed by atoms with van der Waals surface area (Å²) in [5, 5.41) is 0. The van der Waals surface area contributed by atoms with Crippen molar-refractivity contribution in [2.45, 2.75) is 35.1 Å². The molecule has 0 unspecified atom stereocenters. The first-order valence-corrected chi connectivity index (χ1v) is 3.07. The van der Waals surface area contributed by atoms with E-state index in [9.17, 15) is 13.6 Å². The van der Waals surface area contributed by atoms with Crippen LogP contribution in [-0.4, -0.2) is 19.5 Å². The van der Waals surface area contributed by atoms with Gasteiger partial charge in [0.05, 0.1) is 13.3 Å². The van der Waals surface area contributed by atoms with E-state index < -0.39 is 6.22 Å². The predicted molar refractivity (Wildman–Crippen MR) is 47.9 cm³/mol. The maximum Gasteiger partial charge on any atom is 0.495 e. The van der Waals surface area contributed by atoms with Crippen molar-refractivity contribution < 1.29 is 18.3 Å². The predicted octanol–water partition coefficient (Wildman–Crippen LogP) is 3.75. The molecule has 0 heterocycles. The highest BCUT2D eigenvalue weighted by atomic mass is 19.1. The van der Waals surface area contributed by atoms with Crippen LogP contribution in [0.4, 0.5) is 13.6 Å². The number of halogens is 2. The van der Waals surface area contributed by atoms with E-state index in [1.807, 2.05) is 0 Å². The van der Waals surface area contributed by atoms with Crippen LogP contribution in [0.3, 0.4) is 0 Å². The lowest BCUT2D eigenvalue weighted by Crippen LogP contribution is -1.94. The third-order valence-electron chi connectivity index (χ3n) is 0.420. The molecule has 0 aromatic carbocycles. The highest BCUT2D eigenvalue weighted by Crippen LogP contribution is 1.83. The monoisotopic (exact) mass is 186 g/mol. The maximum atomic E-state index is 11.0. The van der Waals surface area contributed by atoms with Gasteiger partial charge in [-0.15, -0.1) is 4.39 Å². The number of rotatable bonds is 2. The molecule has 0 aliphatic heterocycles. The first-order chi connectivity index (χ1) is 4.68. The quantitative estimate of drug-likeness (QED) is 0.614. The third kappa shape index (κ3) is 58.4. The number of carbonyl (C=O) groups excluding carboxylic acids is 1. The molecule has 0 radical (unpaired) electrons. The Morgan fingerprint density at radius 3 is 1.75 bits per heavy atom. The summed E-state index contributed by atoms with van der Waals surface area (Å²) in [5.74, 6) is 0. The molecule has 0 saturated heterocycles. The topological polar surface area (TPSA) is 26.3 Å². The van der Waals surface area contributed by atoms with Crippen LogP contribution in [0.25, 0.3) is 0 Å². The van der Waals surface area contributed by atoms with Crippen LogP contribution < -0.4 is 0 Å². The molecule has 0 N–H and O–H groups in total. The van der Waals surface area contributed by atoms with E-state index in [1.165, 1.54) is 6.92 Å². The minimum Gasteiger partial charge on any atom is -0.440 e. The Morgan fingerprint density at radius 1 is 1.33 bits per heavy atom. The average molecular weight is 186 g/mol. The number of ether oxygens (including phenoxy) is 1. The van der Waals surface area contributed by atoms with E-state index >= 15 is 0 Å². The molecule has 0 aromatic heterocycles. The van der Waals surface area contributed by atoms with Crippen molar-refractivity contribution in [3.63, 3.8) is 0 Å². The van der Waals surface area contributed by atoms with Crippen LogP contribution >= 0.6 is 0 Å². The molecule has 78 valence electrons. The summed E-state index contributed by atoms with van der Waals surface area (Å²) in [6.45, 7) is 3.18. The Balaban J connectivity index is -0.0000000569. The van der Waals surface area contributed by atoms with Gasteiger partial charge in [-0.1, -0.05) is 21.8 Å². The second kappa shape index (κ2) is 22.4. The minimum absolute atomic E-state index is 0. The summed E-state index contributed by atoms with van der Waals surface area (Å²) < 4.78 is 25.2. The standard InChI is InChI=1S/C4H7FO2.C2H5F.2CH4/c1-2-3-7-4(5)6;1-2-3;;/h2-3H2,1H3;2H2,1H3;2*1H4. The molecule has 12 heavy (non-hydrogen) atoms. The van der Waals surface area contributed by atoms with Gasteiger partial charge in [-0.3, -0.25) is 4.39 Å². The largest absolute Gasteiger partial charge is 0.495 e. The van der Waals surface area contributed by atoms with Gasteiger partial charge in [0, 0.05) is 0 Å². The van der Waals surface area contributed by atoms with Crippen LogP contribution in [0, 0.1) is 0 Å². The molecule has 0 amide bonds. The fourth-order valence-corrected chi connectivity index (χ4v) is 0.182. The van der Waals surface area contributed by atoms with Gasteiger partial charge in [0.25, 0.3) is 0 Å². The Morgan fingerprint density at radius 2 is 1.67 bits per heavy atom. The smallest absolute Gasteiger partial charge is 0.440 e. The molecule has 0 fully saturated rings. The SMILES string of the molecule is C.C.CCCOC(=O)F.CCF. The third-order valence-corrected chi connectivity index (χ3v) is 0.420. The second-order valence-electron chi connectivity index (χ2n) is 1.35. The molecular formula is C8H20F2O2. The Kier molecular flexibility index (Phi) is 42.1. The van der Waals surface area contributed by atoms with Gasteiger partial charge >= 0.3 is 6.22 Å². The zero-order valence-corrected chi connectivity index (χ0v) is 6.19. The van der Waals surface area contributed by atoms with E-state index in [1.54, 1.807) is 6.92 Å². The molecule has 0 aromatic rings. The number of hydrogen-bond acceptors (Lipinski definition) is 2.